The molecular formula is C14H18O4. The number of ether oxygens (including phenoxy) is 3. The maximum atomic E-state index is 11.6. The first-order chi connectivity index (χ1) is 8.69. The van der Waals surface area contributed by atoms with Gasteiger partial charge in [-0.25, -0.2) is 0 Å². The number of fused-ring (bicyclic) bond motifs is 1. The highest BCUT2D eigenvalue weighted by molar-refractivity contribution is 5.73. The van der Waals surface area contributed by atoms with Gasteiger partial charge in [0, 0.05) is 6.07 Å². The third kappa shape index (κ3) is 2.28. The standard InChI is InChI=1S/C14H18O4/c1-16-11-6-9-4-5-10(14(15)18-3)7-12(9)13(8-11)17-2/h6,8,10H,4-5,7H2,1-3H3. The minimum atomic E-state index is -0.140. The summed E-state index contributed by atoms with van der Waals surface area (Å²) in [6.07, 6.45) is 2.34. The van der Waals surface area contributed by atoms with E-state index in [4.69, 9.17) is 14.2 Å². The van der Waals surface area contributed by atoms with Crippen LogP contribution in [0.15, 0.2) is 12.1 Å². The molecule has 1 aliphatic rings. The van der Waals surface area contributed by atoms with E-state index in [1.54, 1.807) is 14.2 Å². The van der Waals surface area contributed by atoms with E-state index in [0.29, 0.717) is 6.42 Å². The summed E-state index contributed by atoms with van der Waals surface area (Å²) in [6, 6.07) is 3.88. The van der Waals surface area contributed by atoms with Gasteiger partial charge in [-0.15, -0.1) is 0 Å². The van der Waals surface area contributed by atoms with Crippen molar-refractivity contribution in [2.75, 3.05) is 21.3 Å². The van der Waals surface area contributed by atoms with Gasteiger partial charge in [-0.2, -0.15) is 0 Å². The number of benzene rings is 1. The Balaban J connectivity index is 2.33. The maximum absolute atomic E-state index is 11.6. The molecule has 1 aromatic carbocycles. The quantitative estimate of drug-likeness (QED) is 0.769. The minimum absolute atomic E-state index is 0.0650. The Morgan fingerprint density at radius 2 is 2.00 bits per heavy atom. The predicted octanol–water partition coefficient (Wildman–Crippen LogP) is 1.98. The highest BCUT2D eigenvalue weighted by Gasteiger charge is 2.28. The van der Waals surface area contributed by atoms with Gasteiger partial charge in [0.15, 0.2) is 0 Å². The van der Waals surface area contributed by atoms with Crippen LogP contribution in [0, 0.1) is 5.92 Å². The third-order valence-electron chi connectivity index (χ3n) is 3.48. The molecule has 2 rings (SSSR count). The minimum Gasteiger partial charge on any atom is -0.497 e. The number of hydrogen-bond donors (Lipinski definition) is 0. The molecule has 0 saturated heterocycles. The van der Waals surface area contributed by atoms with Gasteiger partial charge in [0.25, 0.3) is 0 Å². The van der Waals surface area contributed by atoms with Gasteiger partial charge in [-0.1, -0.05) is 0 Å². The first kappa shape index (κ1) is 12.7. The summed E-state index contributed by atoms with van der Waals surface area (Å²) in [5, 5.41) is 0. The molecule has 4 nitrogen and oxygen atoms in total. The Bertz CT molecular complexity index is 436. The van der Waals surface area contributed by atoms with Crippen LogP contribution in [0.2, 0.25) is 0 Å². The summed E-state index contributed by atoms with van der Waals surface area (Å²) in [5.74, 6) is 1.38. The van der Waals surface area contributed by atoms with Crippen LogP contribution in [0.3, 0.4) is 0 Å². The molecule has 0 spiro atoms. The van der Waals surface area contributed by atoms with Crippen molar-refractivity contribution >= 4 is 5.97 Å². The van der Waals surface area contributed by atoms with E-state index in [0.717, 1.165) is 29.9 Å². The van der Waals surface area contributed by atoms with Crippen LogP contribution in [-0.4, -0.2) is 27.3 Å². The molecule has 0 N–H and O–H groups in total. The first-order valence-corrected chi connectivity index (χ1v) is 6.01. The Kier molecular flexibility index (Phi) is 3.75. The summed E-state index contributed by atoms with van der Waals surface area (Å²) < 4.78 is 15.4. The molecule has 0 radical (unpaired) electrons. The molecule has 0 aromatic heterocycles. The number of methoxy groups -OCH3 is 3. The van der Waals surface area contributed by atoms with E-state index >= 15 is 0 Å². The lowest BCUT2D eigenvalue weighted by atomic mass is 9.83. The molecule has 0 bridgehead atoms. The molecule has 1 atom stereocenters. The average Bonchev–Trinajstić information content (AvgIpc) is 2.44. The number of carbonyl (C=O) groups is 1. The molecule has 18 heavy (non-hydrogen) atoms. The fourth-order valence-corrected chi connectivity index (χ4v) is 2.48. The van der Waals surface area contributed by atoms with Crippen molar-refractivity contribution in [1.29, 1.82) is 0 Å². The smallest absolute Gasteiger partial charge is 0.309 e. The normalized spacial score (nSPS) is 17.8. The third-order valence-corrected chi connectivity index (χ3v) is 3.48. The van der Waals surface area contributed by atoms with Crippen molar-refractivity contribution < 1.29 is 19.0 Å². The van der Waals surface area contributed by atoms with Crippen molar-refractivity contribution in [3.05, 3.63) is 23.3 Å². The molecule has 1 unspecified atom stereocenters. The van der Waals surface area contributed by atoms with Gasteiger partial charge in [0.1, 0.15) is 11.5 Å². The van der Waals surface area contributed by atoms with Crippen LogP contribution in [0.1, 0.15) is 17.5 Å². The highest BCUT2D eigenvalue weighted by Crippen LogP contribution is 2.36. The zero-order valence-corrected chi connectivity index (χ0v) is 11.0. The summed E-state index contributed by atoms with van der Waals surface area (Å²) in [6.45, 7) is 0. The van der Waals surface area contributed by atoms with Crippen molar-refractivity contribution in [1.82, 2.24) is 0 Å². The molecular weight excluding hydrogens is 232 g/mol. The van der Waals surface area contributed by atoms with Crippen molar-refractivity contribution in [2.24, 2.45) is 5.92 Å². The van der Waals surface area contributed by atoms with E-state index in [-0.39, 0.29) is 11.9 Å². The molecule has 0 amide bonds. The van der Waals surface area contributed by atoms with Crippen molar-refractivity contribution in [3.63, 3.8) is 0 Å². The average molecular weight is 250 g/mol. The van der Waals surface area contributed by atoms with E-state index in [9.17, 15) is 4.79 Å². The summed E-state index contributed by atoms with van der Waals surface area (Å²) in [5.41, 5.74) is 2.30. The fraction of sp³-hybridized carbons (Fsp3) is 0.500. The highest BCUT2D eigenvalue weighted by atomic mass is 16.5. The van der Waals surface area contributed by atoms with Crippen LogP contribution in [0.5, 0.6) is 11.5 Å². The summed E-state index contributed by atoms with van der Waals surface area (Å²) >= 11 is 0. The van der Waals surface area contributed by atoms with Crippen LogP contribution in [0.4, 0.5) is 0 Å². The van der Waals surface area contributed by atoms with Gasteiger partial charge >= 0.3 is 5.97 Å². The number of rotatable bonds is 3. The topological polar surface area (TPSA) is 44.8 Å². The zero-order chi connectivity index (χ0) is 13.1. The second-order valence-corrected chi connectivity index (χ2v) is 4.43. The molecule has 98 valence electrons. The van der Waals surface area contributed by atoms with E-state index in [1.807, 2.05) is 12.1 Å². The lowest BCUT2D eigenvalue weighted by Gasteiger charge is -2.25. The van der Waals surface area contributed by atoms with Crippen LogP contribution in [-0.2, 0) is 22.4 Å². The second-order valence-electron chi connectivity index (χ2n) is 4.43. The SMILES string of the molecule is COC(=O)C1CCc2cc(OC)cc(OC)c2C1. The summed E-state index contributed by atoms with van der Waals surface area (Å²) in [4.78, 5) is 11.6. The molecule has 0 saturated carbocycles. The lowest BCUT2D eigenvalue weighted by Crippen LogP contribution is -2.24. The Morgan fingerprint density at radius 1 is 1.22 bits per heavy atom. The van der Waals surface area contributed by atoms with E-state index < -0.39 is 0 Å². The largest absolute Gasteiger partial charge is 0.497 e. The van der Waals surface area contributed by atoms with Crippen LogP contribution >= 0.6 is 0 Å². The second kappa shape index (κ2) is 5.29. The zero-order valence-electron chi connectivity index (χ0n) is 11.0. The number of carbonyl (C=O) groups excluding carboxylic acids is 1. The Labute approximate surface area is 107 Å². The van der Waals surface area contributed by atoms with Gasteiger partial charge in [-0.3, -0.25) is 4.79 Å². The lowest BCUT2D eigenvalue weighted by molar-refractivity contribution is -0.145. The number of hydrogen-bond acceptors (Lipinski definition) is 4. The maximum Gasteiger partial charge on any atom is 0.309 e. The molecule has 0 heterocycles. The van der Waals surface area contributed by atoms with E-state index in [1.165, 1.54) is 12.7 Å². The Morgan fingerprint density at radius 3 is 2.61 bits per heavy atom. The molecule has 0 aliphatic heterocycles. The van der Waals surface area contributed by atoms with Gasteiger partial charge in [0.2, 0.25) is 0 Å². The predicted molar refractivity (Wildman–Crippen MR) is 67.1 cm³/mol. The molecule has 1 aliphatic carbocycles. The Hall–Kier alpha value is -1.71. The molecule has 1 aromatic rings. The fourth-order valence-electron chi connectivity index (χ4n) is 2.48. The summed E-state index contributed by atoms with van der Waals surface area (Å²) in [7, 11) is 4.71. The number of aryl methyl sites for hydroxylation is 1. The monoisotopic (exact) mass is 250 g/mol. The van der Waals surface area contributed by atoms with Crippen molar-refractivity contribution in [2.45, 2.75) is 19.3 Å². The van der Waals surface area contributed by atoms with E-state index in [2.05, 4.69) is 0 Å². The first-order valence-electron chi connectivity index (χ1n) is 6.01. The molecule has 4 heteroatoms. The van der Waals surface area contributed by atoms with Crippen LogP contribution in [0.25, 0.3) is 0 Å². The van der Waals surface area contributed by atoms with Crippen molar-refractivity contribution in [3.8, 4) is 11.5 Å². The van der Waals surface area contributed by atoms with Gasteiger partial charge < -0.3 is 14.2 Å². The number of esters is 1. The van der Waals surface area contributed by atoms with Gasteiger partial charge in [-0.05, 0) is 36.5 Å². The van der Waals surface area contributed by atoms with Crippen LogP contribution < -0.4 is 9.47 Å². The van der Waals surface area contributed by atoms with Gasteiger partial charge in [0.05, 0.1) is 27.2 Å². The molecule has 0 fully saturated rings.